The van der Waals surface area contributed by atoms with Gasteiger partial charge in [-0.3, -0.25) is 9.48 Å². The Morgan fingerprint density at radius 3 is 2.57 bits per heavy atom. The first kappa shape index (κ1) is 21.7. The van der Waals surface area contributed by atoms with Crippen LogP contribution < -0.4 is 9.84 Å². The van der Waals surface area contributed by atoms with Gasteiger partial charge in [0.2, 0.25) is 10.0 Å². The highest BCUT2D eigenvalue weighted by Gasteiger charge is 2.27. The van der Waals surface area contributed by atoms with Crippen LogP contribution in [0.25, 0.3) is 17.0 Å². The molecule has 7 nitrogen and oxygen atoms in total. The molecule has 0 saturated heterocycles. The molecule has 1 amide bonds. The number of rotatable bonds is 7. The average Bonchev–Trinajstić information content (AvgIpc) is 3.02. The maximum atomic E-state index is 13.5. The summed E-state index contributed by atoms with van der Waals surface area (Å²) < 4.78 is 39.7. The number of anilines is 1. The van der Waals surface area contributed by atoms with Crippen LogP contribution >= 0.6 is 0 Å². The van der Waals surface area contributed by atoms with Crippen molar-refractivity contribution in [1.82, 2.24) is 14.6 Å². The molecule has 3 rings (SSSR count). The van der Waals surface area contributed by atoms with Gasteiger partial charge in [-0.1, -0.05) is 25.1 Å². The normalized spacial score (nSPS) is 12.0. The first-order valence-corrected chi connectivity index (χ1v) is 11.1. The van der Waals surface area contributed by atoms with Crippen molar-refractivity contribution >= 4 is 38.6 Å². The lowest BCUT2D eigenvalue weighted by Gasteiger charge is -2.23. The maximum absolute atomic E-state index is 13.5. The summed E-state index contributed by atoms with van der Waals surface area (Å²) in [6, 6.07) is 10.5. The molecular weight excluding hydrogens is 407 g/mol. The number of hydrogen-bond donors (Lipinski definition) is 1. The van der Waals surface area contributed by atoms with Gasteiger partial charge in [-0.2, -0.15) is 5.10 Å². The molecule has 0 aliphatic carbocycles. The van der Waals surface area contributed by atoms with Crippen LogP contribution in [0.15, 0.2) is 48.5 Å². The van der Waals surface area contributed by atoms with E-state index in [1.165, 1.54) is 16.8 Å². The molecule has 1 N–H and O–H groups in total. The second-order valence-electron chi connectivity index (χ2n) is 6.78. The lowest BCUT2D eigenvalue weighted by molar-refractivity contribution is 0.0974. The second kappa shape index (κ2) is 8.76. The van der Waals surface area contributed by atoms with Crippen molar-refractivity contribution in [2.45, 2.75) is 20.3 Å². The van der Waals surface area contributed by atoms with Crippen LogP contribution in [0.1, 0.15) is 36.3 Å². The van der Waals surface area contributed by atoms with Crippen LogP contribution in [0.4, 0.5) is 10.1 Å². The highest BCUT2D eigenvalue weighted by Crippen LogP contribution is 2.24. The molecule has 158 valence electrons. The number of hydrogen-bond acceptors (Lipinski definition) is 4. The molecule has 2 aromatic carbocycles. The summed E-state index contributed by atoms with van der Waals surface area (Å²) in [5.41, 5.74) is 1.89. The van der Waals surface area contributed by atoms with Crippen LogP contribution in [-0.2, 0) is 17.1 Å². The maximum Gasteiger partial charge on any atom is 0.292 e. The lowest BCUT2D eigenvalue weighted by atomic mass is 10.1. The molecule has 0 aliphatic heterocycles. The van der Waals surface area contributed by atoms with Gasteiger partial charge in [0.1, 0.15) is 11.5 Å². The molecule has 3 aromatic rings. The fraction of sp³-hybridized carbons (Fsp3) is 0.238. The summed E-state index contributed by atoms with van der Waals surface area (Å²) in [6.07, 6.45) is 4.15. The lowest BCUT2D eigenvalue weighted by Crippen LogP contribution is -2.47. The van der Waals surface area contributed by atoms with Gasteiger partial charge in [0.15, 0.2) is 0 Å². The molecule has 1 aromatic heterocycles. The summed E-state index contributed by atoms with van der Waals surface area (Å²) in [4.78, 5) is 15.8. The molecule has 30 heavy (non-hydrogen) atoms. The molecule has 0 saturated carbocycles. The van der Waals surface area contributed by atoms with E-state index in [-0.39, 0.29) is 17.1 Å². The highest BCUT2D eigenvalue weighted by atomic mass is 32.2. The van der Waals surface area contributed by atoms with E-state index in [1.807, 2.05) is 31.2 Å². The van der Waals surface area contributed by atoms with Crippen molar-refractivity contribution in [3.05, 3.63) is 65.6 Å². The SMILES string of the molecule is C/C=C/c1ccc2nn(C)c(C(=O)N(NS(=O)(=O)CCC)c3ccc(F)cc3)c2c1. The summed E-state index contributed by atoms with van der Waals surface area (Å²) in [5, 5.41) is 5.87. The van der Waals surface area contributed by atoms with E-state index in [2.05, 4.69) is 9.93 Å². The number of hydrazine groups is 1. The van der Waals surface area contributed by atoms with E-state index in [4.69, 9.17) is 0 Å². The molecule has 0 bridgehead atoms. The zero-order chi connectivity index (χ0) is 21.9. The highest BCUT2D eigenvalue weighted by molar-refractivity contribution is 7.89. The summed E-state index contributed by atoms with van der Waals surface area (Å²) >= 11 is 0. The summed E-state index contributed by atoms with van der Waals surface area (Å²) in [6.45, 7) is 3.61. The van der Waals surface area contributed by atoms with E-state index < -0.39 is 21.7 Å². The fourth-order valence-corrected chi connectivity index (χ4v) is 4.22. The van der Waals surface area contributed by atoms with Crippen LogP contribution in [0.2, 0.25) is 0 Å². The van der Waals surface area contributed by atoms with Crippen LogP contribution in [0.5, 0.6) is 0 Å². The first-order chi connectivity index (χ1) is 14.3. The zero-order valence-electron chi connectivity index (χ0n) is 17.0. The van der Waals surface area contributed by atoms with Gasteiger partial charge in [-0.15, -0.1) is 4.83 Å². The third-order valence-electron chi connectivity index (χ3n) is 4.41. The third-order valence-corrected chi connectivity index (χ3v) is 5.82. The summed E-state index contributed by atoms with van der Waals surface area (Å²) in [5.74, 6) is -1.27. The van der Waals surface area contributed by atoms with E-state index in [1.54, 1.807) is 20.0 Å². The van der Waals surface area contributed by atoms with Gasteiger partial charge in [0.25, 0.3) is 5.91 Å². The van der Waals surface area contributed by atoms with Crippen LogP contribution in [-0.4, -0.2) is 29.9 Å². The minimum atomic E-state index is -3.79. The van der Waals surface area contributed by atoms with Crippen LogP contribution in [0.3, 0.4) is 0 Å². The number of carbonyl (C=O) groups is 1. The van der Waals surface area contributed by atoms with Gasteiger partial charge in [-0.05, 0) is 55.3 Å². The number of sulfonamides is 1. The van der Waals surface area contributed by atoms with Gasteiger partial charge in [-0.25, -0.2) is 17.8 Å². The van der Waals surface area contributed by atoms with Crippen molar-refractivity contribution in [3.63, 3.8) is 0 Å². The molecular formula is C21H23FN4O3S. The Labute approximate surface area is 174 Å². The number of aromatic nitrogens is 2. The Morgan fingerprint density at radius 1 is 1.23 bits per heavy atom. The van der Waals surface area contributed by atoms with Crippen molar-refractivity contribution in [3.8, 4) is 0 Å². The molecule has 0 spiro atoms. The Hall–Kier alpha value is -3.04. The standard InChI is InChI=1S/C21H23FN4O3S/c1-4-6-15-7-12-19-18(14-15)20(25(3)23-19)21(27)26(24-30(28,29)13-5-2)17-10-8-16(22)9-11-17/h4,6-12,14,24H,5,13H2,1-3H3/b6-4+. The fourth-order valence-electron chi connectivity index (χ4n) is 3.13. The minimum absolute atomic E-state index is 0.157. The van der Waals surface area contributed by atoms with Crippen LogP contribution in [0, 0.1) is 5.82 Å². The van der Waals surface area contributed by atoms with E-state index in [0.717, 1.165) is 22.7 Å². The molecule has 0 unspecified atom stereocenters. The zero-order valence-corrected chi connectivity index (χ0v) is 17.8. The number of amides is 1. The number of allylic oxidation sites excluding steroid dienone is 1. The third kappa shape index (κ3) is 4.58. The largest absolute Gasteiger partial charge is 0.292 e. The predicted octanol–water partition coefficient (Wildman–Crippen LogP) is 3.64. The van der Waals surface area contributed by atoms with Crippen molar-refractivity contribution < 1.29 is 17.6 Å². The van der Waals surface area contributed by atoms with Crippen molar-refractivity contribution in [1.29, 1.82) is 0 Å². The monoisotopic (exact) mass is 430 g/mol. The number of fused-ring (bicyclic) bond motifs is 1. The Balaban J connectivity index is 2.13. The average molecular weight is 431 g/mol. The molecule has 9 heteroatoms. The molecule has 0 atom stereocenters. The number of nitrogens with zero attached hydrogens (tertiary/aromatic N) is 3. The van der Waals surface area contributed by atoms with Gasteiger partial charge >= 0.3 is 0 Å². The van der Waals surface area contributed by atoms with Gasteiger partial charge in [0, 0.05) is 12.4 Å². The Bertz CT molecular complexity index is 1200. The number of halogens is 1. The number of nitrogens with one attached hydrogen (secondary N) is 1. The number of carbonyl (C=O) groups excluding carboxylic acids is 1. The van der Waals surface area contributed by atoms with E-state index in [0.29, 0.717) is 17.3 Å². The summed E-state index contributed by atoms with van der Waals surface area (Å²) in [7, 11) is -2.17. The molecule has 0 radical (unpaired) electrons. The molecule has 0 fully saturated rings. The van der Waals surface area contributed by atoms with E-state index >= 15 is 0 Å². The van der Waals surface area contributed by atoms with Gasteiger partial charge in [0.05, 0.1) is 17.0 Å². The number of aryl methyl sites for hydroxylation is 1. The predicted molar refractivity (Wildman–Crippen MR) is 116 cm³/mol. The van der Waals surface area contributed by atoms with Crippen molar-refractivity contribution in [2.24, 2.45) is 7.05 Å². The van der Waals surface area contributed by atoms with E-state index in [9.17, 15) is 17.6 Å². The van der Waals surface area contributed by atoms with Gasteiger partial charge < -0.3 is 0 Å². The topological polar surface area (TPSA) is 84.3 Å². The van der Waals surface area contributed by atoms with Crippen molar-refractivity contribution in [2.75, 3.05) is 10.8 Å². The molecule has 1 heterocycles. The number of benzene rings is 2. The second-order valence-corrected chi connectivity index (χ2v) is 8.60. The quantitative estimate of drug-likeness (QED) is 0.580. The Kier molecular flexibility index (Phi) is 6.33. The smallest absolute Gasteiger partial charge is 0.265 e. The first-order valence-electron chi connectivity index (χ1n) is 9.45. The minimum Gasteiger partial charge on any atom is -0.265 e. The molecule has 0 aliphatic rings. The Morgan fingerprint density at radius 2 is 1.93 bits per heavy atom.